The molecule has 4 heteroatoms. The van der Waals surface area contributed by atoms with E-state index >= 15 is 0 Å². The van der Waals surface area contributed by atoms with Crippen molar-refractivity contribution in [2.45, 2.75) is 57.8 Å². The van der Waals surface area contributed by atoms with Crippen molar-refractivity contribution in [3.63, 3.8) is 0 Å². The lowest BCUT2D eigenvalue weighted by molar-refractivity contribution is -0.0598. The molecule has 0 aliphatic carbocycles. The predicted molar refractivity (Wildman–Crippen MR) is 135 cm³/mol. The quantitative estimate of drug-likeness (QED) is 0.377. The number of rotatable bonds is 12. The molecule has 3 aromatic carbocycles. The summed E-state index contributed by atoms with van der Waals surface area (Å²) in [6, 6.07) is 26.8. The van der Waals surface area contributed by atoms with E-state index in [2.05, 4.69) is 67.3 Å². The molecule has 0 radical (unpaired) electrons. The molecule has 0 bridgehead atoms. The van der Waals surface area contributed by atoms with E-state index in [1.165, 1.54) is 5.56 Å². The Morgan fingerprint density at radius 2 is 1.21 bits per heavy atom. The maximum atomic E-state index is 11.8. The topological polar surface area (TPSA) is 41.9 Å². The Morgan fingerprint density at radius 1 is 0.727 bits per heavy atom. The van der Waals surface area contributed by atoms with Gasteiger partial charge in [-0.05, 0) is 60.2 Å². The van der Waals surface area contributed by atoms with Crippen LogP contribution < -0.4 is 9.47 Å². The molecule has 0 spiro atoms. The predicted octanol–water partition coefficient (Wildman–Crippen LogP) is 5.87. The number of methoxy groups -OCH3 is 2. The normalized spacial score (nSPS) is 12.5. The fraction of sp³-hybridized carbons (Fsp3) is 0.379. The summed E-state index contributed by atoms with van der Waals surface area (Å²) in [4.78, 5) is 2.41. The van der Waals surface area contributed by atoms with E-state index in [-0.39, 0.29) is 6.04 Å². The van der Waals surface area contributed by atoms with Gasteiger partial charge in [0.1, 0.15) is 11.5 Å². The van der Waals surface area contributed by atoms with Crippen molar-refractivity contribution in [2.24, 2.45) is 0 Å². The minimum Gasteiger partial charge on any atom is -0.497 e. The highest BCUT2D eigenvalue weighted by Gasteiger charge is 2.37. The van der Waals surface area contributed by atoms with Crippen molar-refractivity contribution < 1.29 is 14.6 Å². The van der Waals surface area contributed by atoms with Crippen molar-refractivity contribution in [3.8, 4) is 11.5 Å². The largest absolute Gasteiger partial charge is 0.497 e. The van der Waals surface area contributed by atoms with Gasteiger partial charge in [-0.15, -0.1) is 0 Å². The van der Waals surface area contributed by atoms with Gasteiger partial charge in [-0.2, -0.15) is 0 Å². The van der Waals surface area contributed by atoms with Crippen molar-refractivity contribution >= 4 is 0 Å². The first-order valence-corrected chi connectivity index (χ1v) is 11.8. The second kappa shape index (κ2) is 11.9. The third-order valence-electron chi connectivity index (χ3n) is 6.60. The minimum absolute atomic E-state index is 0.0627. The van der Waals surface area contributed by atoms with Crippen LogP contribution in [0.1, 0.15) is 43.4 Å². The van der Waals surface area contributed by atoms with E-state index in [1.807, 2.05) is 30.3 Å². The second-order valence-corrected chi connectivity index (χ2v) is 8.62. The van der Waals surface area contributed by atoms with E-state index in [0.717, 1.165) is 29.0 Å². The summed E-state index contributed by atoms with van der Waals surface area (Å²) in [7, 11) is 3.39. The zero-order valence-electron chi connectivity index (χ0n) is 20.3. The van der Waals surface area contributed by atoms with Crippen LogP contribution in [0.15, 0.2) is 78.9 Å². The van der Waals surface area contributed by atoms with Crippen LogP contribution in [-0.4, -0.2) is 35.9 Å². The molecule has 0 amide bonds. The van der Waals surface area contributed by atoms with Crippen molar-refractivity contribution in [3.05, 3.63) is 95.6 Å². The molecular weight excluding hydrogens is 410 g/mol. The summed E-state index contributed by atoms with van der Waals surface area (Å²) in [5.41, 5.74) is 2.73. The highest BCUT2D eigenvalue weighted by molar-refractivity contribution is 5.30. The Morgan fingerprint density at radius 3 is 1.67 bits per heavy atom. The average Bonchev–Trinajstić information content (AvgIpc) is 2.87. The molecule has 1 atom stereocenters. The van der Waals surface area contributed by atoms with Gasteiger partial charge in [0.25, 0.3) is 0 Å². The molecule has 4 nitrogen and oxygen atoms in total. The van der Waals surface area contributed by atoms with Gasteiger partial charge < -0.3 is 14.6 Å². The molecular formula is C29H37NO3. The van der Waals surface area contributed by atoms with Crippen LogP contribution in [0.5, 0.6) is 11.5 Å². The van der Waals surface area contributed by atoms with Crippen molar-refractivity contribution in [1.82, 2.24) is 4.90 Å². The average molecular weight is 448 g/mol. The van der Waals surface area contributed by atoms with Crippen LogP contribution in [0, 0.1) is 0 Å². The lowest BCUT2D eigenvalue weighted by Gasteiger charge is -2.43. The van der Waals surface area contributed by atoms with Crippen LogP contribution >= 0.6 is 0 Å². The monoisotopic (exact) mass is 447 g/mol. The third-order valence-corrected chi connectivity index (χ3v) is 6.60. The first-order chi connectivity index (χ1) is 16.0. The molecule has 1 N–H and O–H groups in total. The van der Waals surface area contributed by atoms with Gasteiger partial charge in [0.15, 0.2) is 0 Å². The molecule has 0 saturated carbocycles. The Kier molecular flexibility index (Phi) is 8.93. The summed E-state index contributed by atoms with van der Waals surface area (Å²) in [6.07, 6.45) is 2.15. The molecule has 3 rings (SSSR count). The maximum Gasteiger partial charge on any atom is 0.119 e. The summed E-state index contributed by atoms with van der Waals surface area (Å²) < 4.78 is 10.9. The molecule has 0 unspecified atom stereocenters. The SMILES string of the molecule is CCC(O)(CC)[C@@H](Cc1ccccc1)N(Cc1cccc(OC)c1)Cc1cccc(OC)c1. The number of hydrogen-bond acceptors (Lipinski definition) is 4. The lowest BCUT2D eigenvalue weighted by Crippen LogP contribution is -2.53. The summed E-state index contributed by atoms with van der Waals surface area (Å²) in [5, 5.41) is 11.8. The summed E-state index contributed by atoms with van der Waals surface area (Å²) >= 11 is 0. The molecule has 176 valence electrons. The number of benzene rings is 3. The van der Waals surface area contributed by atoms with Gasteiger partial charge in [0.2, 0.25) is 0 Å². The van der Waals surface area contributed by atoms with E-state index in [1.54, 1.807) is 14.2 Å². The standard InChI is InChI=1S/C29H37NO3/c1-5-29(31,6-2)28(20-23-12-8-7-9-13-23)30(21-24-14-10-16-26(18-24)32-3)22-25-15-11-17-27(19-25)33-4/h7-19,28,31H,5-6,20-22H2,1-4H3/t28-/m1/s1. The molecule has 0 fully saturated rings. The third kappa shape index (κ3) is 6.59. The molecule has 33 heavy (non-hydrogen) atoms. The van der Waals surface area contributed by atoms with Crippen LogP contribution in [0.25, 0.3) is 0 Å². The van der Waals surface area contributed by atoms with Gasteiger partial charge in [0.05, 0.1) is 19.8 Å². The zero-order valence-corrected chi connectivity index (χ0v) is 20.3. The first-order valence-electron chi connectivity index (χ1n) is 11.8. The lowest BCUT2D eigenvalue weighted by atomic mass is 9.83. The molecule has 0 aliphatic heterocycles. The Balaban J connectivity index is 2.02. The Hall–Kier alpha value is -2.82. The van der Waals surface area contributed by atoms with Crippen molar-refractivity contribution in [2.75, 3.05) is 14.2 Å². The number of ether oxygens (including phenoxy) is 2. The molecule has 3 aromatic rings. The zero-order chi connectivity index (χ0) is 23.7. The second-order valence-electron chi connectivity index (χ2n) is 8.62. The van der Waals surface area contributed by atoms with Gasteiger partial charge in [-0.1, -0.05) is 68.4 Å². The first kappa shape index (κ1) is 24.8. The summed E-state index contributed by atoms with van der Waals surface area (Å²) in [6.45, 7) is 5.57. The van der Waals surface area contributed by atoms with Crippen LogP contribution in [-0.2, 0) is 19.5 Å². The fourth-order valence-electron chi connectivity index (χ4n) is 4.50. The molecule has 0 saturated heterocycles. The van der Waals surface area contributed by atoms with Gasteiger partial charge >= 0.3 is 0 Å². The van der Waals surface area contributed by atoms with E-state index in [4.69, 9.17) is 9.47 Å². The minimum atomic E-state index is -0.812. The maximum absolute atomic E-state index is 11.8. The highest BCUT2D eigenvalue weighted by atomic mass is 16.5. The Labute approximate surface area is 198 Å². The van der Waals surface area contributed by atoms with Crippen molar-refractivity contribution in [1.29, 1.82) is 0 Å². The fourth-order valence-corrected chi connectivity index (χ4v) is 4.50. The molecule has 0 heterocycles. The van der Waals surface area contributed by atoms with Gasteiger partial charge in [-0.3, -0.25) is 4.90 Å². The van der Waals surface area contributed by atoms with E-state index in [0.29, 0.717) is 25.9 Å². The number of aliphatic hydroxyl groups is 1. The van der Waals surface area contributed by atoms with E-state index in [9.17, 15) is 5.11 Å². The highest BCUT2D eigenvalue weighted by Crippen LogP contribution is 2.31. The van der Waals surface area contributed by atoms with E-state index < -0.39 is 5.60 Å². The molecule has 0 aliphatic rings. The van der Waals surface area contributed by atoms with Crippen LogP contribution in [0.3, 0.4) is 0 Å². The smallest absolute Gasteiger partial charge is 0.119 e. The Bertz CT molecular complexity index is 935. The van der Waals surface area contributed by atoms with Crippen LogP contribution in [0.4, 0.5) is 0 Å². The molecule has 0 aromatic heterocycles. The van der Waals surface area contributed by atoms with Crippen LogP contribution in [0.2, 0.25) is 0 Å². The van der Waals surface area contributed by atoms with Gasteiger partial charge in [0, 0.05) is 19.1 Å². The number of nitrogens with zero attached hydrogens (tertiary/aromatic N) is 1. The van der Waals surface area contributed by atoms with Gasteiger partial charge in [-0.25, -0.2) is 0 Å². The number of hydrogen-bond donors (Lipinski definition) is 1. The summed E-state index contributed by atoms with van der Waals surface area (Å²) in [5.74, 6) is 1.68.